The molecule has 1 aromatic carbocycles. The summed E-state index contributed by atoms with van der Waals surface area (Å²) < 4.78 is 4.76. The summed E-state index contributed by atoms with van der Waals surface area (Å²) in [4.78, 5) is 29.6. The first-order valence-electron chi connectivity index (χ1n) is 8.77. The number of rotatable bonds is 7. The van der Waals surface area contributed by atoms with E-state index in [0.29, 0.717) is 16.3 Å². The van der Waals surface area contributed by atoms with Crippen LogP contribution in [-0.2, 0) is 22.4 Å². The van der Waals surface area contributed by atoms with Gasteiger partial charge in [-0.05, 0) is 37.1 Å². The van der Waals surface area contributed by atoms with Crippen LogP contribution in [-0.4, -0.2) is 24.0 Å². The zero-order valence-electron chi connectivity index (χ0n) is 15.9. The van der Waals surface area contributed by atoms with Gasteiger partial charge >= 0.3 is 5.97 Å². The maximum Gasteiger partial charge on any atom is 0.340 e. The molecule has 0 atom stereocenters. The lowest BCUT2D eigenvalue weighted by Gasteiger charge is -2.04. The SMILES string of the molecule is CCc1ccc(Nc2nc(CC(=O)Nc3sc(C)cc3C(=O)OC)cs2)cc1. The summed E-state index contributed by atoms with van der Waals surface area (Å²) in [6.07, 6.45) is 1.13. The zero-order valence-corrected chi connectivity index (χ0v) is 17.5. The van der Waals surface area contributed by atoms with Crippen LogP contribution < -0.4 is 10.6 Å². The summed E-state index contributed by atoms with van der Waals surface area (Å²) in [5.74, 6) is -0.690. The molecule has 1 amide bonds. The maximum atomic E-state index is 12.4. The van der Waals surface area contributed by atoms with Gasteiger partial charge in [0, 0.05) is 15.9 Å². The van der Waals surface area contributed by atoms with E-state index in [0.717, 1.165) is 22.1 Å². The van der Waals surface area contributed by atoms with Crippen LogP contribution in [0.5, 0.6) is 0 Å². The summed E-state index contributed by atoms with van der Waals surface area (Å²) >= 11 is 2.79. The predicted octanol–water partition coefficient (Wildman–Crippen LogP) is 4.79. The molecule has 8 heteroatoms. The van der Waals surface area contributed by atoms with E-state index in [1.807, 2.05) is 24.4 Å². The highest BCUT2D eigenvalue weighted by atomic mass is 32.1. The molecule has 146 valence electrons. The van der Waals surface area contributed by atoms with Crippen LogP contribution in [0.15, 0.2) is 35.7 Å². The van der Waals surface area contributed by atoms with Crippen molar-refractivity contribution in [2.75, 3.05) is 17.7 Å². The van der Waals surface area contributed by atoms with Gasteiger partial charge in [0.05, 0.1) is 24.8 Å². The molecule has 0 radical (unpaired) electrons. The van der Waals surface area contributed by atoms with Gasteiger partial charge in [-0.1, -0.05) is 19.1 Å². The number of esters is 1. The Morgan fingerprint density at radius 2 is 1.96 bits per heavy atom. The zero-order chi connectivity index (χ0) is 20.1. The van der Waals surface area contributed by atoms with Crippen molar-refractivity contribution in [2.45, 2.75) is 26.7 Å². The Kier molecular flexibility index (Phi) is 6.43. The van der Waals surface area contributed by atoms with Crippen molar-refractivity contribution in [3.63, 3.8) is 0 Å². The summed E-state index contributed by atoms with van der Waals surface area (Å²) in [6, 6.07) is 9.89. The number of hydrogen-bond acceptors (Lipinski definition) is 7. The minimum absolute atomic E-state index is 0.129. The Balaban J connectivity index is 1.62. The fourth-order valence-electron chi connectivity index (χ4n) is 2.60. The van der Waals surface area contributed by atoms with Gasteiger partial charge in [-0.3, -0.25) is 4.79 Å². The van der Waals surface area contributed by atoms with E-state index in [-0.39, 0.29) is 12.3 Å². The van der Waals surface area contributed by atoms with Crippen molar-refractivity contribution >= 4 is 50.4 Å². The van der Waals surface area contributed by atoms with Crippen LogP contribution in [0, 0.1) is 6.92 Å². The minimum atomic E-state index is -0.464. The summed E-state index contributed by atoms with van der Waals surface area (Å²) in [6.45, 7) is 3.99. The summed E-state index contributed by atoms with van der Waals surface area (Å²) in [5, 5.41) is 9.12. The molecule has 0 aliphatic rings. The number of nitrogens with zero attached hydrogens (tertiary/aromatic N) is 1. The molecule has 3 rings (SSSR count). The van der Waals surface area contributed by atoms with Crippen LogP contribution in [0.25, 0.3) is 0 Å². The van der Waals surface area contributed by atoms with Crippen LogP contribution in [0.3, 0.4) is 0 Å². The molecule has 0 fully saturated rings. The number of nitrogens with one attached hydrogen (secondary N) is 2. The fourth-order valence-corrected chi connectivity index (χ4v) is 4.24. The number of thiazole rings is 1. The van der Waals surface area contributed by atoms with Gasteiger partial charge in [-0.25, -0.2) is 9.78 Å². The number of benzene rings is 1. The average Bonchev–Trinajstić information content (AvgIpc) is 3.27. The number of carbonyl (C=O) groups excluding carboxylic acids is 2. The minimum Gasteiger partial charge on any atom is -0.465 e. The summed E-state index contributed by atoms with van der Waals surface area (Å²) in [7, 11) is 1.32. The van der Waals surface area contributed by atoms with E-state index in [2.05, 4.69) is 34.7 Å². The number of ether oxygens (including phenoxy) is 1. The number of aryl methyl sites for hydroxylation is 2. The van der Waals surface area contributed by atoms with E-state index in [1.54, 1.807) is 6.07 Å². The molecule has 2 heterocycles. The molecule has 0 bridgehead atoms. The lowest BCUT2D eigenvalue weighted by atomic mass is 10.1. The quantitative estimate of drug-likeness (QED) is 0.543. The molecule has 0 saturated heterocycles. The first-order chi connectivity index (χ1) is 13.5. The van der Waals surface area contributed by atoms with E-state index >= 15 is 0 Å². The molecule has 6 nitrogen and oxygen atoms in total. The third kappa shape index (κ3) is 4.96. The molecule has 0 unspecified atom stereocenters. The highest BCUT2D eigenvalue weighted by Gasteiger charge is 2.18. The second-order valence-electron chi connectivity index (χ2n) is 6.14. The number of carbonyl (C=O) groups is 2. The van der Waals surface area contributed by atoms with Gasteiger partial charge in [0.25, 0.3) is 0 Å². The van der Waals surface area contributed by atoms with E-state index < -0.39 is 5.97 Å². The van der Waals surface area contributed by atoms with Crippen molar-refractivity contribution in [1.29, 1.82) is 0 Å². The predicted molar refractivity (Wildman–Crippen MR) is 114 cm³/mol. The third-order valence-electron chi connectivity index (χ3n) is 4.02. The monoisotopic (exact) mass is 415 g/mol. The number of methoxy groups -OCH3 is 1. The van der Waals surface area contributed by atoms with Gasteiger partial charge in [-0.2, -0.15) is 0 Å². The first-order valence-corrected chi connectivity index (χ1v) is 10.5. The van der Waals surface area contributed by atoms with Crippen LogP contribution >= 0.6 is 22.7 Å². The van der Waals surface area contributed by atoms with Crippen LogP contribution in [0.1, 0.15) is 33.4 Å². The largest absolute Gasteiger partial charge is 0.465 e. The van der Waals surface area contributed by atoms with Crippen LogP contribution in [0.4, 0.5) is 15.8 Å². The van der Waals surface area contributed by atoms with Gasteiger partial charge in [0.1, 0.15) is 5.00 Å². The lowest BCUT2D eigenvalue weighted by Crippen LogP contribution is -2.16. The Labute approximate surface area is 171 Å². The molecule has 3 aromatic rings. The number of hydrogen-bond donors (Lipinski definition) is 2. The smallest absolute Gasteiger partial charge is 0.340 e. The molecule has 0 saturated carbocycles. The van der Waals surface area contributed by atoms with Crippen molar-refractivity contribution in [3.8, 4) is 0 Å². The van der Waals surface area contributed by atoms with Crippen molar-refractivity contribution < 1.29 is 14.3 Å². The standard InChI is InChI=1S/C20H21N3O3S2/c1-4-13-5-7-14(8-6-13)21-20-22-15(11-27-20)10-17(24)23-18-16(19(25)26-3)9-12(2)28-18/h5-9,11H,4,10H2,1-3H3,(H,21,22)(H,23,24). The molecule has 28 heavy (non-hydrogen) atoms. The average molecular weight is 416 g/mol. The summed E-state index contributed by atoms with van der Waals surface area (Å²) in [5.41, 5.74) is 3.27. The first kappa shape index (κ1) is 20.0. The molecule has 0 spiro atoms. The normalized spacial score (nSPS) is 10.5. The third-order valence-corrected chi connectivity index (χ3v) is 5.79. The Hall–Kier alpha value is -2.71. The number of anilines is 3. The van der Waals surface area contributed by atoms with E-state index in [1.165, 1.54) is 35.3 Å². The van der Waals surface area contributed by atoms with E-state index in [9.17, 15) is 9.59 Å². The molecule has 2 N–H and O–H groups in total. The second-order valence-corrected chi connectivity index (χ2v) is 8.25. The Morgan fingerprint density at radius 3 is 2.64 bits per heavy atom. The van der Waals surface area contributed by atoms with Crippen molar-refractivity contribution in [1.82, 2.24) is 4.98 Å². The highest BCUT2D eigenvalue weighted by molar-refractivity contribution is 7.16. The number of aromatic nitrogens is 1. The lowest BCUT2D eigenvalue weighted by molar-refractivity contribution is -0.115. The Morgan fingerprint density at radius 1 is 1.21 bits per heavy atom. The van der Waals surface area contributed by atoms with Crippen LogP contribution in [0.2, 0.25) is 0 Å². The maximum absolute atomic E-state index is 12.4. The molecular weight excluding hydrogens is 394 g/mol. The topological polar surface area (TPSA) is 80.3 Å². The number of amides is 1. The van der Waals surface area contributed by atoms with Crippen molar-refractivity contribution in [2.24, 2.45) is 0 Å². The van der Waals surface area contributed by atoms with Crippen molar-refractivity contribution in [3.05, 3.63) is 57.4 Å². The molecule has 0 aliphatic carbocycles. The fraction of sp³-hybridized carbons (Fsp3) is 0.250. The van der Waals surface area contributed by atoms with E-state index in [4.69, 9.17) is 4.74 Å². The van der Waals surface area contributed by atoms with Gasteiger partial charge in [0.15, 0.2) is 5.13 Å². The van der Waals surface area contributed by atoms with Gasteiger partial charge < -0.3 is 15.4 Å². The molecule has 0 aliphatic heterocycles. The number of thiophene rings is 1. The molecular formula is C20H21N3O3S2. The second kappa shape index (κ2) is 8.99. The van der Waals surface area contributed by atoms with Gasteiger partial charge in [-0.15, -0.1) is 22.7 Å². The molecule has 2 aromatic heterocycles. The Bertz CT molecular complexity index is 977. The highest BCUT2D eigenvalue weighted by Crippen LogP contribution is 2.28. The van der Waals surface area contributed by atoms with Gasteiger partial charge in [0.2, 0.25) is 5.91 Å².